The molecule has 138 valence electrons. The molecule has 0 N–H and O–H groups in total. The van der Waals surface area contributed by atoms with Crippen LogP contribution >= 0.6 is 11.6 Å². The number of nitrogens with zero attached hydrogens (tertiary/aromatic N) is 5. The number of fused-ring (bicyclic) bond motifs is 1. The molecule has 1 amide bonds. The zero-order chi connectivity index (χ0) is 19.0. The van der Waals surface area contributed by atoms with E-state index in [0.717, 1.165) is 23.0 Å². The van der Waals surface area contributed by atoms with Crippen LogP contribution in [-0.2, 0) is 7.05 Å². The number of imidazole rings is 1. The van der Waals surface area contributed by atoms with Gasteiger partial charge in [0.15, 0.2) is 11.5 Å². The van der Waals surface area contributed by atoms with Gasteiger partial charge < -0.3 is 4.90 Å². The van der Waals surface area contributed by atoms with Gasteiger partial charge in [0, 0.05) is 25.2 Å². The van der Waals surface area contributed by atoms with Crippen LogP contribution in [0.2, 0.25) is 5.02 Å². The fourth-order valence-corrected chi connectivity index (χ4v) is 3.31. The van der Waals surface area contributed by atoms with Gasteiger partial charge in [0.05, 0.1) is 6.20 Å². The Morgan fingerprint density at radius 1 is 1.15 bits per heavy atom. The van der Waals surface area contributed by atoms with Crippen LogP contribution in [-0.4, -0.2) is 43.1 Å². The molecule has 0 radical (unpaired) electrons. The lowest BCUT2D eigenvalue weighted by Gasteiger charge is -2.14. The second-order valence-electron chi connectivity index (χ2n) is 6.48. The zero-order valence-electron chi connectivity index (χ0n) is 14.8. The van der Waals surface area contributed by atoms with E-state index in [0.29, 0.717) is 35.1 Å². The van der Waals surface area contributed by atoms with Crippen LogP contribution in [0.1, 0.15) is 24.2 Å². The zero-order valence-corrected chi connectivity index (χ0v) is 15.6. The van der Waals surface area contributed by atoms with Crippen LogP contribution in [0.4, 0.5) is 4.79 Å². The molecule has 0 aliphatic carbocycles. The summed E-state index contributed by atoms with van der Waals surface area (Å²) in [6.45, 7) is 1.34. The number of hydrogen-bond acceptors (Lipinski definition) is 4. The second-order valence-corrected chi connectivity index (χ2v) is 6.91. The first-order valence-electron chi connectivity index (χ1n) is 8.72. The number of amides is 1. The van der Waals surface area contributed by atoms with Crippen LogP contribution in [0.25, 0.3) is 23.3 Å². The van der Waals surface area contributed by atoms with Crippen molar-refractivity contribution in [3.63, 3.8) is 0 Å². The summed E-state index contributed by atoms with van der Waals surface area (Å²) in [5.41, 5.74) is 1.40. The van der Waals surface area contributed by atoms with E-state index in [1.807, 2.05) is 18.2 Å². The Morgan fingerprint density at radius 2 is 1.85 bits per heavy atom. The van der Waals surface area contributed by atoms with Crippen LogP contribution in [0, 0.1) is 0 Å². The van der Waals surface area contributed by atoms with Crippen molar-refractivity contribution in [2.24, 2.45) is 7.05 Å². The van der Waals surface area contributed by atoms with E-state index in [9.17, 15) is 9.59 Å². The monoisotopic (exact) mass is 383 g/mol. The Balaban J connectivity index is 1.70. The summed E-state index contributed by atoms with van der Waals surface area (Å²) in [4.78, 5) is 35.7. The first kappa shape index (κ1) is 17.5. The summed E-state index contributed by atoms with van der Waals surface area (Å²) in [5.74, 6) is 0.457. The van der Waals surface area contributed by atoms with Gasteiger partial charge in [-0.1, -0.05) is 29.8 Å². The average molecular weight is 384 g/mol. The highest BCUT2D eigenvalue weighted by molar-refractivity contribution is 6.30. The van der Waals surface area contributed by atoms with E-state index in [1.165, 1.54) is 10.8 Å². The van der Waals surface area contributed by atoms with E-state index in [2.05, 4.69) is 9.97 Å². The molecule has 1 aliphatic rings. The predicted molar refractivity (Wildman–Crippen MR) is 105 cm³/mol. The minimum atomic E-state index is -0.407. The molecule has 27 heavy (non-hydrogen) atoms. The lowest BCUT2D eigenvalue weighted by molar-refractivity contribution is 0.210. The number of rotatable bonds is 2. The van der Waals surface area contributed by atoms with Gasteiger partial charge in [-0.05, 0) is 36.6 Å². The number of aryl methyl sites for hydroxylation is 1. The molecule has 8 heteroatoms. The van der Waals surface area contributed by atoms with Crippen molar-refractivity contribution in [1.29, 1.82) is 0 Å². The van der Waals surface area contributed by atoms with Crippen LogP contribution in [0.3, 0.4) is 0 Å². The molecule has 0 unspecified atom stereocenters. The maximum atomic E-state index is 12.7. The normalized spacial score (nSPS) is 14.5. The molecule has 7 nitrogen and oxygen atoms in total. The van der Waals surface area contributed by atoms with Gasteiger partial charge in [-0.25, -0.2) is 24.1 Å². The summed E-state index contributed by atoms with van der Waals surface area (Å²) >= 11 is 5.89. The van der Waals surface area contributed by atoms with E-state index < -0.39 is 5.69 Å². The highest BCUT2D eigenvalue weighted by Crippen LogP contribution is 2.15. The number of carbonyl (C=O) groups is 1. The molecule has 0 spiro atoms. The second kappa shape index (κ2) is 7.00. The number of halogens is 1. The first-order chi connectivity index (χ1) is 13.0. The summed E-state index contributed by atoms with van der Waals surface area (Å²) in [7, 11) is 1.61. The quantitative estimate of drug-likeness (QED) is 0.681. The summed E-state index contributed by atoms with van der Waals surface area (Å²) in [6.07, 6.45) is 7.07. The molecule has 0 saturated carbocycles. The average Bonchev–Trinajstić information content (AvgIpc) is 3.29. The first-order valence-corrected chi connectivity index (χ1v) is 9.10. The maximum absolute atomic E-state index is 12.7. The van der Waals surface area contributed by atoms with Crippen molar-refractivity contribution < 1.29 is 4.79 Å². The van der Waals surface area contributed by atoms with Gasteiger partial charge in [-0.3, -0.25) is 4.57 Å². The van der Waals surface area contributed by atoms with E-state index >= 15 is 0 Å². The largest absolute Gasteiger partial charge is 0.338 e. The lowest BCUT2D eigenvalue weighted by atomic mass is 10.2. The molecule has 1 aromatic carbocycles. The molecule has 0 bridgehead atoms. The fraction of sp³-hybridized carbons (Fsp3) is 0.263. The Bertz CT molecular complexity index is 1090. The number of carbonyl (C=O) groups excluding carboxylic acids is 1. The van der Waals surface area contributed by atoms with E-state index in [4.69, 9.17) is 11.6 Å². The van der Waals surface area contributed by atoms with Gasteiger partial charge in [0.25, 0.3) is 0 Å². The molecule has 4 rings (SSSR count). The fourth-order valence-electron chi connectivity index (χ4n) is 3.19. The van der Waals surface area contributed by atoms with Crippen molar-refractivity contribution in [1.82, 2.24) is 24.0 Å². The van der Waals surface area contributed by atoms with Gasteiger partial charge in [0.2, 0.25) is 0 Å². The Hall–Kier alpha value is -2.93. The standard InChI is InChI=1S/C19H18ClN5O2/c1-23-17-15(25(18(23)26)19(27)24-10-2-3-11-24)12-21-16(22-17)9-6-13-4-7-14(20)8-5-13/h4-9,12H,2-3,10-11H2,1H3. The highest BCUT2D eigenvalue weighted by atomic mass is 35.5. The Labute approximate surface area is 160 Å². The van der Waals surface area contributed by atoms with Gasteiger partial charge >= 0.3 is 11.7 Å². The third-order valence-electron chi connectivity index (χ3n) is 4.67. The minimum Gasteiger partial charge on any atom is -0.324 e. The van der Waals surface area contributed by atoms with E-state index in [-0.39, 0.29) is 6.03 Å². The van der Waals surface area contributed by atoms with E-state index in [1.54, 1.807) is 30.2 Å². The van der Waals surface area contributed by atoms with Crippen LogP contribution < -0.4 is 5.69 Å². The van der Waals surface area contributed by atoms with Crippen molar-refractivity contribution in [3.05, 3.63) is 57.4 Å². The van der Waals surface area contributed by atoms with Crippen molar-refractivity contribution >= 4 is 40.9 Å². The molecule has 3 heterocycles. The Morgan fingerprint density at radius 3 is 2.56 bits per heavy atom. The number of aromatic nitrogens is 4. The highest BCUT2D eigenvalue weighted by Gasteiger charge is 2.25. The molecule has 2 aromatic heterocycles. The SMILES string of the molecule is Cn1c(=O)n(C(=O)N2CCCC2)c2cnc(C=Cc3ccc(Cl)cc3)nc21. The summed E-state index contributed by atoms with van der Waals surface area (Å²) < 4.78 is 2.54. The minimum absolute atomic E-state index is 0.309. The van der Waals surface area contributed by atoms with Crippen LogP contribution in [0.5, 0.6) is 0 Å². The molecule has 3 aromatic rings. The van der Waals surface area contributed by atoms with Gasteiger partial charge in [0.1, 0.15) is 5.52 Å². The lowest BCUT2D eigenvalue weighted by Crippen LogP contribution is -2.38. The van der Waals surface area contributed by atoms with Crippen LogP contribution in [0.15, 0.2) is 35.3 Å². The van der Waals surface area contributed by atoms with Gasteiger partial charge in [-0.2, -0.15) is 0 Å². The smallest absolute Gasteiger partial charge is 0.324 e. The summed E-state index contributed by atoms with van der Waals surface area (Å²) in [6, 6.07) is 7.07. The molecule has 1 saturated heterocycles. The maximum Gasteiger partial charge on any atom is 0.338 e. The van der Waals surface area contributed by atoms with Crippen molar-refractivity contribution in [3.8, 4) is 0 Å². The number of likely N-dealkylation sites (tertiary alicyclic amines) is 1. The topological polar surface area (TPSA) is 73.0 Å². The molecule has 1 aliphatic heterocycles. The number of benzene rings is 1. The third kappa shape index (κ3) is 3.26. The summed E-state index contributed by atoms with van der Waals surface area (Å²) in [5, 5.41) is 0.670. The molecular weight excluding hydrogens is 366 g/mol. The predicted octanol–water partition coefficient (Wildman–Crippen LogP) is 3.02. The molecule has 1 fully saturated rings. The molecule has 0 atom stereocenters. The Kier molecular flexibility index (Phi) is 4.53. The van der Waals surface area contributed by atoms with Crippen molar-refractivity contribution in [2.75, 3.05) is 13.1 Å². The third-order valence-corrected chi connectivity index (χ3v) is 4.92. The van der Waals surface area contributed by atoms with Gasteiger partial charge in [-0.15, -0.1) is 0 Å². The number of hydrogen-bond donors (Lipinski definition) is 0. The molecular formula is C19H18ClN5O2. The van der Waals surface area contributed by atoms with Crippen molar-refractivity contribution in [2.45, 2.75) is 12.8 Å².